The number of amides is 1. The second-order valence-corrected chi connectivity index (χ2v) is 6.43. The van der Waals surface area contributed by atoms with Crippen LogP contribution in [0.15, 0.2) is 30.6 Å². The quantitative estimate of drug-likeness (QED) is 0.586. The standard InChI is InChI=1S/C17H19F2N5O3/c1-12(23-11-14(9-20-23)24(26)27)17(25)22-7-5-21(6-8-22)10-13-3-2-4-15(18)16(13)19/h2-4,9,11-12H,5-8,10H2,1H3. The van der Waals surface area contributed by atoms with Crippen LogP contribution < -0.4 is 0 Å². The normalized spacial score (nSPS) is 16.3. The average Bonchev–Trinajstić information content (AvgIpc) is 3.15. The molecule has 1 aliphatic rings. The number of aromatic nitrogens is 2. The van der Waals surface area contributed by atoms with Gasteiger partial charge in [-0.2, -0.15) is 5.10 Å². The molecular weight excluding hydrogens is 360 g/mol. The van der Waals surface area contributed by atoms with Crippen LogP contribution in [0, 0.1) is 21.7 Å². The summed E-state index contributed by atoms with van der Waals surface area (Å²) in [5.41, 5.74) is 0.114. The Kier molecular flexibility index (Phi) is 5.45. The van der Waals surface area contributed by atoms with Crippen molar-refractivity contribution in [3.63, 3.8) is 0 Å². The van der Waals surface area contributed by atoms with Crippen LogP contribution >= 0.6 is 0 Å². The molecule has 0 N–H and O–H groups in total. The molecule has 1 fully saturated rings. The molecule has 27 heavy (non-hydrogen) atoms. The molecule has 1 atom stereocenters. The maximum absolute atomic E-state index is 13.8. The van der Waals surface area contributed by atoms with Crippen LogP contribution in [0.4, 0.5) is 14.5 Å². The maximum atomic E-state index is 13.8. The Balaban J connectivity index is 1.57. The SMILES string of the molecule is CC(C(=O)N1CCN(Cc2cccc(F)c2F)CC1)n1cc([N+](=O)[O-])cn1. The minimum atomic E-state index is -0.872. The Morgan fingerprint density at radius 3 is 2.63 bits per heavy atom. The lowest BCUT2D eigenvalue weighted by molar-refractivity contribution is -0.385. The van der Waals surface area contributed by atoms with Gasteiger partial charge in [-0.25, -0.2) is 8.78 Å². The number of hydrogen-bond acceptors (Lipinski definition) is 5. The number of piperazine rings is 1. The summed E-state index contributed by atoms with van der Waals surface area (Å²) in [5, 5.41) is 14.6. The van der Waals surface area contributed by atoms with Crippen molar-refractivity contribution in [3.05, 3.63) is 57.9 Å². The van der Waals surface area contributed by atoms with Gasteiger partial charge in [0.05, 0.1) is 4.92 Å². The second-order valence-electron chi connectivity index (χ2n) is 6.43. The minimum absolute atomic E-state index is 0.170. The van der Waals surface area contributed by atoms with Crippen molar-refractivity contribution in [2.24, 2.45) is 0 Å². The smallest absolute Gasteiger partial charge is 0.307 e. The van der Waals surface area contributed by atoms with E-state index in [0.29, 0.717) is 26.2 Å². The van der Waals surface area contributed by atoms with E-state index in [9.17, 15) is 23.7 Å². The third-order valence-corrected chi connectivity index (χ3v) is 4.66. The van der Waals surface area contributed by atoms with Crippen LogP contribution in [-0.4, -0.2) is 56.6 Å². The summed E-state index contributed by atoms with van der Waals surface area (Å²) >= 11 is 0. The Hall–Kier alpha value is -2.88. The fraction of sp³-hybridized carbons (Fsp3) is 0.412. The summed E-state index contributed by atoms with van der Waals surface area (Å²) in [5.74, 6) is -1.90. The molecule has 0 saturated carbocycles. The molecule has 8 nitrogen and oxygen atoms in total. The number of nitro groups is 1. The van der Waals surface area contributed by atoms with E-state index in [-0.39, 0.29) is 23.7 Å². The van der Waals surface area contributed by atoms with Gasteiger partial charge in [0, 0.05) is 38.3 Å². The van der Waals surface area contributed by atoms with Gasteiger partial charge in [0.2, 0.25) is 5.91 Å². The number of carbonyl (C=O) groups excluding carboxylic acids is 1. The number of nitrogens with zero attached hydrogens (tertiary/aromatic N) is 5. The van der Waals surface area contributed by atoms with E-state index < -0.39 is 22.6 Å². The fourth-order valence-corrected chi connectivity index (χ4v) is 3.05. The van der Waals surface area contributed by atoms with Crippen molar-refractivity contribution in [2.45, 2.75) is 19.5 Å². The molecule has 1 aliphatic heterocycles. The molecule has 0 bridgehead atoms. The highest BCUT2D eigenvalue weighted by Crippen LogP contribution is 2.18. The van der Waals surface area contributed by atoms with E-state index in [1.165, 1.54) is 16.9 Å². The van der Waals surface area contributed by atoms with Crippen molar-refractivity contribution in [3.8, 4) is 0 Å². The topological polar surface area (TPSA) is 84.5 Å². The summed E-state index contributed by atoms with van der Waals surface area (Å²) in [4.78, 5) is 26.4. The summed E-state index contributed by atoms with van der Waals surface area (Å²) < 4.78 is 28.4. The molecule has 1 aromatic carbocycles. The molecule has 1 amide bonds. The van der Waals surface area contributed by atoms with Gasteiger partial charge >= 0.3 is 5.69 Å². The van der Waals surface area contributed by atoms with Crippen molar-refractivity contribution in [1.82, 2.24) is 19.6 Å². The lowest BCUT2D eigenvalue weighted by atomic mass is 10.1. The second kappa shape index (κ2) is 7.78. The third-order valence-electron chi connectivity index (χ3n) is 4.66. The zero-order valence-corrected chi connectivity index (χ0v) is 14.7. The first-order chi connectivity index (χ1) is 12.9. The molecule has 0 radical (unpaired) electrons. The van der Waals surface area contributed by atoms with Gasteiger partial charge in [0.15, 0.2) is 11.6 Å². The summed E-state index contributed by atoms with van der Waals surface area (Å²) in [6.45, 7) is 3.81. The van der Waals surface area contributed by atoms with Gasteiger partial charge in [0.1, 0.15) is 18.4 Å². The van der Waals surface area contributed by atoms with Crippen molar-refractivity contribution in [1.29, 1.82) is 0 Å². The Morgan fingerprint density at radius 2 is 2.00 bits per heavy atom. The number of hydrogen-bond donors (Lipinski definition) is 0. The lowest BCUT2D eigenvalue weighted by Crippen LogP contribution is -2.50. The highest BCUT2D eigenvalue weighted by Gasteiger charge is 2.27. The van der Waals surface area contributed by atoms with Crippen molar-refractivity contribution < 1.29 is 18.5 Å². The number of halogens is 2. The molecule has 3 rings (SSSR count). The monoisotopic (exact) mass is 379 g/mol. The van der Waals surface area contributed by atoms with Crippen molar-refractivity contribution >= 4 is 11.6 Å². The molecular formula is C17H19F2N5O3. The van der Waals surface area contributed by atoms with E-state index in [2.05, 4.69) is 5.10 Å². The van der Waals surface area contributed by atoms with Gasteiger partial charge in [-0.1, -0.05) is 12.1 Å². The van der Waals surface area contributed by atoms with E-state index in [0.717, 1.165) is 12.3 Å². The molecule has 2 aromatic rings. The summed E-state index contributed by atoms with van der Waals surface area (Å²) in [6.07, 6.45) is 2.33. The van der Waals surface area contributed by atoms with Crippen LogP contribution in [0.3, 0.4) is 0 Å². The zero-order valence-electron chi connectivity index (χ0n) is 14.7. The molecule has 1 saturated heterocycles. The van der Waals surface area contributed by atoms with Gasteiger partial charge < -0.3 is 4.90 Å². The first-order valence-corrected chi connectivity index (χ1v) is 8.49. The molecule has 10 heteroatoms. The Bertz CT molecular complexity index is 849. The average molecular weight is 379 g/mol. The van der Waals surface area contributed by atoms with Crippen LogP contribution in [0.1, 0.15) is 18.5 Å². The summed E-state index contributed by atoms with van der Waals surface area (Å²) in [6, 6.07) is 3.43. The van der Waals surface area contributed by atoms with E-state index in [4.69, 9.17) is 0 Å². The molecule has 1 unspecified atom stereocenters. The Labute approximate surface area is 154 Å². The fourth-order valence-electron chi connectivity index (χ4n) is 3.05. The first-order valence-electron chi connectivity index (χ1n) is 8.49. The minimum Gasteiger partial charge on any atom is -0.338 e. The van der Waals surface area contributed by atoms with Crippen LogP contribution in [0.5, 0.6) is 0 Å². The van der Waals surface area contributed by atoms with Crippen LogP contribution in [0.25, 0.3) is 0 Å². The van der Waals surface area contributed by atoms with Gasteiger partial charge in [0.25, 0.3) is 0 Å². The summed E-state index contributed by atoms with van der Waals surface area (Å²) in [7, 11) is 0. The van der Waals surface area contributed by atoms with Gasteiger partial charge in [-0.3, -0.25) is 24.5 Å². The molecule has 0 aliphatic carbocycles. The largest absolute Gasteiger partial charge is 0.338 e. The van der Waals surface area contributed by atoms with Crippen LogP contribution in [0.2, 0.25) is 0 Å². The first kappa shape index (κ1) is 18.9. The maximum Gasteiger partial charge on any atom is 0.307 e. The lowest BCUT2D eigenvalue weighted by Gasteiger charge is -2.36. The van der Waals surface area contributed by atoms with E-state index in [1.807, 2.05) is 4.90 Å². The van der Waals surface area contributed by atoms with Crippen LogP contribution in [-0.2, 0) is 11.3 Å². The molecule has 2 heterocycles. The predicted molar refractivity (Wildman–Crippen MR) is 91.8 cm³/mol. The highest BCUT2D eigenvalue weighted by atomic mass is 19.2. The number of benzene rings is 1. The molecule has 144 valence electrons. The molecule has 0 spiro atoms. The van der Waals surface area contributed by atoms with E-state index >= 15 is 0 Å². The number of carbonyl (C=O) groups is 1. The highest BCUT2D eigenvalue weighted by molar-refractivity contribution is 5.80. The Morgan fingerprint density at radius 1 is 1.30 bits per heavy atom. The predicted octanol–water partition coefficient (Wildman–Crippen LogP) is 1.97. The number of rotatable bonds is 5. The van der Waals surface area contributed by atoms with E-state index in [1.54, 1.807) is 17.9 Å². The van der Waals surface area contributed by atoms with Gasteiger partial charge in [-0.15, -0.1) is 0 Å². The van der Waals surface area contributed by atoms with Crippen molar-refractivity contribution in [2.75, 3.05) is 26.2 Å². The molecule has 1 aromatic heterocycles. The van der Waals surface area contributed by atoms with Gasteiger partial charge in [-0.05, 0) is 13.0 Å². The third kappa shape index (κ3) is 4.11. The zero-order chi connectivity index (χ0) is 19.6.